The van der Waals surface area contributed by atoms with Crippen molar-refractivity contribution in [1.82, 2.24) is 25.1 Å². The highest BCUT2D eigenvalue weighted by molar-refractivity contribution is 5.91. The second-order valence-corrected chi connectivity index (χ2v) is 4.58. The second-order valence-electron chi connectivity index (χ2n) is 4.58. The number of nitrogens with zero attached hydrogens (tertiary/aromatic N) is 4. The van der Waals surface area contributed by atoms with Gasteiger partial charge < -0.3 is 15.2 Å². The molecule has 0 aliphatic rings. The number of nitrogens with one attached hydrogen (secondary N) is 2. The Bertz CT molecular complexity index is 549. The van der Waals surface area contributed by atoms with E-state index in [-0.39, 0.29) is 11.9 Å². The van der Waals surface area contributed by atoms with Gasteiger partial charge in [-0.05, 0) is 18.6 Å². The minimum atomic E-state index is -0.165. The molecule has 106 valence electrons. The fourth-order valence-corrected chi connectivity index (χ4v) is 1.76. The Kier molecular flexibility index (Phi) is 4.29. The third-order valence-electron chi connectivity index (χ3n) is 2.87. The highest BCUT2D eigenvalue weighted by Gasteiger charge is 2.14. The quantitative estimate of drug-likeness (QED) is 0.862. The lowest BCUT2D eigenvalue weighted by Gasteiger charge is -2.15. The molecule has 1 atom stereocenters. The number of amides is 1. The Hall–Kier alpha value is -2.44. The summed E-state index contributed by atoms with van der Waals surface area (Å²) in [6.45, 7) is 2.05. The van der Waals surface area contributed by atoms with Crippen molar-refractivity contribution in [1.29, 1.82) is 0 Å². The van der Waals surface area contributed by atoms with Gasteiger partial charge in [0.05, 0.1) is 6.04 Å². The third kappa shape index (κ3) is 3.11. The average Bonchev–Trinajstić information content (AvgIpc) is 2.98. The molecule has 0 radical (unpaired) electrons. The zero-order chi connectivity index (χ0) is 14.5. The van der Waals surface area contributed by atoms with Crippen LogP contribution in [0.2, 0.25) is 0 Å². The summed E-state index contributed by atoms with van der Waals surface area (Å²) in [6.07, 6.45) is 4.35. The molecule has 0 aliphatic carbocycles. The number of hydrogen-bond donors (Lipinski definition) is 2. The maximum Gasteiger partial charge on any atom is 0.273 e. The molecule has 0 aromatic carbocycles. The standard InChI is InChI=1S/C13H18N6O/c1-4-9(12-14-7-8-15-12)16-11-6-5-10(17-18-11)13(20)19(2)3/h5-9H,4H2,1-3H3,(H,14,15)(H,16,18). The molecule has 7 nitrogen and oxygen atoms in total. The molecule has 0 spiro atoms. The largest absolute Gasteiger partial charge is 0.359 e. The minimum Gasteiger partial charge on any atom is -0.359 e. The van der Waals surface area contributed by atoms with Gasteiger partial charge in [-0.25, -0.2) is 4.98 Å². The van der Waals surface area contributed by atoms with E-state index < -0.39 is 0 Å². The van der Waals surface area contributed by atoms with Crippen molar-refractivity contribution >= 4 is 11.7 Å². The Morgan fingerprint density at radius 2 is 2.20 bits per heavy atom. The molecule has 2 aromatic rings. The first-order valence-electron chi connectivity index (χ1n) is 6.43. The van der Waals surface area contributed by atoms with Crippen LogP contribution < -0.4 is 5.32 Å². The predicted molar refractivity (Wildman–Crippen MR) is 75.3 cm³/mol. The van der Waals surface area contributed by atoms with E-state index in [1.54, 1.807) is 38.6 Å². The summed E-state index contributed by atoms with van der Waals surface area (Å²) in [7, 11) is 3.36. The zero-order valence-electron chi connectivity index (χ0n) is 11.8. The highest BCUT2D eigenvalue weighted by atomic mass is 16.2. The first kappa shape index (κ1) is 14.0. The molecule has 2 N–H and O–H groups in total. The van der Waals surface area contributed by atoms with E-state index in [9.17, 15) is 4.79 Å². The van der Waals surface area contributed by atoms with E-state index >= 15 is 0 Å². The lowest BCUT2D eigenvalue weighted by molar-refractivity contribution is 0.0821. The first-order valence-corrected chi connectivity index (χ1v) is 6.43. The Balaban J connectivity index is 2.08. The fourth-order valence-electron chi connectivity index (χ4n) is 1.76. The van der Waals surface area contributed by atoms with Gasteiger partial charge in [0, 0.05) is 26.5 Å². The van der Waals surface area contributed by atoms with Crippen molar-refractivity contribution in [3.05, 3.63) is 36.0 Å². The van der Waals surface area contributed by atoms with Crippen molar-refractivity contribution in [2.75, 3.05) is 19.4 Å². The van der Waals surface area contributed by atoms with E-state index in [2.05, 4.69) is 32.4 Å². The number of carbonyl (C=O) groups is 1. The Labute approximate surface area is 117 Å². The van der Waals surface area contributed by atoms with Crippen molar-refractivity contribution in [3.63, 3.8) is 0 Å². The van der Waals surface area contributed by atoms with Crippen LogP contribution >= 0.6 is 0 Å². The Morgan fingerprint density at radius 1 is 1.40 bits per heavy atom. The van der Waals surface area contributed by atoms with E-state index in [1.807, 2.05) is 0 Å². The number of carbonyl (C=O) groups excluding carboxylic acids is 1. The summed E-state index contributed by atoms with van der Waals surface area (Å²) in [5, 5.41) is 11.2. The van der Waals surface area contributed by atoms with Crippen LogP contribution in [0.3, 0.4) is 0 Å². The summed E-state index contributed by atoms with van der Waals surface area (Å²) >= 11 is 0. The topological polar surface area (TPSA) is 86.8 Å². The van der Waals surface area contributed by atoms with Crippen LogP contribution in [0.25, 0.3) is 0 Å². The van der Waals surface area contributed by atoms with Gasteiger partial charge in [0.15, 0.2) is 5.69 Å². The summed E-state index contributed by atoms with van der Waals surface area (Å²) in [5.74, 6) is 1.30. The average molecular weight is 274 g/mol. The molecule has 0 saturated carbocycles. The maximum absolute atomic E-state index is 11.7. The molecule has 1 amide bonds. The van der Waals surface area contributed by atoms with Crippen LogP contribution in [0.15, 0.2) is 24.5 Å². The van der Waals surface area contributed by atoms with Gasteiger partial charge in [-0.2, -0.15) is 0 Å². The van der Waals surface area contributed by atoms with Crippen LogP contribution in [0.4, 0.5) is 5.82 Å². The fraction of sp³-hybridized carbons (Fsp3) is 0.385. The summed E-state index contributed by atoms with van der Waals surface area (Å²) in [5.41, 5.74) is 0.326. The van der Waals surface area contributed by atoms with Crippen LogP contribution in [0, 0.1) is 0 Å². The monoisotopic (exact) mass is 274 g/mol. The van der Waals surface area contributed by atoms with Gasteiger partial charge in [0.1, 0.15) is 11.6 Å². The van der Waals surface area contributed by atoms with Crippen LogP contribution in [-0.2, 0) is 0 Å². The normalized spacial score (nSPS) is 11.9. The summed E-state index contributed by atoms with van der Waals surface area (Å²) < 4.78 is 0. The summed E-state index contributed by atoms with van der Waals surface area (Å²) in [6, 6.07) is 3.44. The van der Waals surface area contributed by atoms with Crippen LogP contribution in [0.5, 0.6) is 0 Å². The van der Waals surface area contributed by atoms with E-state index in [1.165, 1.54) is 4.90 Å². The van der Waals surface area contributed by atoms with Crippen molar-refractivity contribution in [2.24, 2.45) is 0 Å². The van der Waals surface area contributed by atoms with E-state index in [0.29, 0.717) is 11.5 Å². The number of imidazole rings is 1. The van der Waals surface area contributed by atoms with Crippen molar-refractivity contribution in [2.45, 2.75) is 19.4 Å². The highest BCUT2D eigenvalue weighted by Crippen LogP contribution is 2.17. The van der Waals surface area contributed by atoms with E-state index in [4.69, 9.17) is 0 Å². The lowest BCUT2D eigenvalue weighted by atomic mass is 10.2. The minimum absolute atomic E-state index is 0.0368. The number of anilines is 1. The zero-order valence-corrected chi connectivity index (χ0v) is 11.8. The van der Waals surface area contributed by atoms with Crippen LogP contribution in [0.1, 0.15) is 35.7 Å². The molecule has 20 heavy (non-hydrogen) atoms. The number of aromatic nitrogens is 4. The molecular weight excluding hydrogens is 256 g/mol. The molecule has 1 unspecified atom stereocenters. The maximum atomic E-state index is 11.7. The number of hydrogen-bond acceptors (Lipinski definition) is 5. The van der Waals surface area contributed by atoms with Gasteiger partial charge in [-0.3, -0.25) is 4.79 Å². The Morgan fingerprint density at radius 3 is 2.70 bits per heavy atom. The van der Waals surface area contributed by atoms with Gasteiger partial charge in [0.25, 0.3) is 5.91 Å². The molecule has 0 aliphatic heterocycles. The van der Waals surface area contributed by atoms with Crippen molar-refractivity contribution in [3.8, 4) is 0 Å². The second kappa shape index (κ2) is 6.14. The van der Waals surface area contributed by atoms with E-state index in [0.717, 1.165) is 12.2 Å². The molecule has 7 heteroatoms. The number of rotatable bonds is 5. The van der Waals surface area contributed by atoms with Crippen molar-refractivity contribution < 1.29 is 4.79 Å². The molecule has 0 bridgehead atoms. The lowest BCUT2D eigenvalue weighted by Crippen LogP contribution is -2.23. The van der Waals surface area contributed by atoms with Gasteiger partial charge >= 0.3 is 0 Å². The van der Waals surface area contributed by atoms with Gasteiger partial charge in [-0.15, -0.1) is 10.2 Å². The summed E-state index contributed by atoms with van der Waals surface area (Å²) in [4.78, 5) is 20.5. The molecule has 2 rings (SSSR count). The third-order valence-corrected chi connectivity index (χ3v) is 2.87. The van der Waals surface area contributed by atoms with Crippen LogP contribution in [-0.4, -0.2) is 45.1 Å². The molecule has 2 heterocycles. The molecule has 0 fully saturated rings. The predicted octanol–water partition coefficient (Wildman–Crippen LogP) is 1.46. The molecular formula is C13H18N6O. The van der Waals surface area contributed by atoms with Gasteiger partial charge in [-0.1, -0.05) is 6.92 Å². The number of H-pyrrole nitrogens is 1. The molecule has 2 aromatic heterocycles. The smallest absolute Gasteiger partial charge is 0.273 e. The number of aromatic amines is 1. The SMILES string of the molecule is CCC(Nc1ccc(C(=O)N(C)C)nn1)c1ncc[nH]1. The van der Waals surface area contributed by atoms with Gasteiger partial charge in [0.2, 0.25) is 0 Å². The molecule has 0 saturated heterocycles. The first-order chi connectivity index (χ1) is 9.61.